The van der Waals surface area contributed by atoms with Gasteiger partial charge in [-0.3, -0.25) is 14.5 Å². The van der Waals surface area contributed by atoms with E-state index in [1.54, 1.807) is 11.8 Å². The molecule has 4 rings (SSSR count). The minimum absolute atomic E-state index is 0.0566. The van der Waals surface area contributed by atoms with Gasteiger partial charge in [-0.25, -0.2) is 0 Å². The lowest BCUT2D eigenvalue weighted by molar-refractivity contribution is -0.116. The Morgan fingerprint density at radius 2 is 1.79 bits per heavy atom. The topological polar surface area (TPSA) is 49.4 Å². The lowest BCUT2D eigenvalue weighted by atomic mass is 10.1. The Labute approximate surface area is 174 Å². The Morgan fingerprint density at radius 1 is 1.03 bits per heavy atom. The summed E-state index contributed by atoms with van der Waals surface area (Å²) in [6.45, 7) is 2.03. The maximum atomic E-state index is 12.5. The van der Waals surface area contributed by atoms with Crippen LogP contribution in [0.2, 0.25) is 0 Å². The number of rotatable bonds is 5. The highest BCUT2D eigenvalue weighted by molar-refractivity contribution is 8.00. The predicted molar refractivity (Wildman–Crippen MR) is 119 cm³/mol. The van der Waals surface area contributed by atoms with E-state index in [0.717, 1.165) is 28.1 Å². The molecular formula is C24H22N2O2S. The number of carbonyl (C=O) groups excluding carboxylic acids is 2. The number of aryl methyl sites for hydroxylation is 1. The molecule has 2 amide bonds. The SMILES string of the molecule is Cc1ccc(N2C(=O)CS[C@H]2c2cccc(NC(=O)Cc3ccccc3)c2)cc1. The van der Waals surface area contributed by atoms with Gasteiger partial charge in [-0.1, -0.05) is 60.2 Å². The largest absolute Gasteiger partial charge is 0.326 e. The Bertz CT molecular complexity index is 1020. The van der Waals surface area contributed by atoms with Gasteiger partial charge in [0, 0.05) is 11.4 Å². The van der Waals surface area contributed by atoms with Crippen molar-refractivity contribution in [1.29, 1.82) is 0 Å². The Hall–Kier alpha value is -3.05. The lowest BCUT2D eigenvalue weighted by Gasteiger charge is -2.25. The lowest BCUT2D eigenvalue weighted by Crippen LogP contribution is -2.27. The van der Waals surface area contributed by atoms with E-state index < -0.39 is 0 Å². The molecule has 1 saturated heterocycles. The molecule has 1 fully saturated rings. The minimum Gasteiger partial charge on any atom is -0.326 e. The highest BCUT2D eigenvalue weighted by Crippen LogP contribution is 2.42. The van der Waals surface area contributed by atoms with Gasteiger partial charge in [0.25, 0.3) is 0 Å². The molecule has 29 heavy (non-hydrogen) atoms. The van der Waals surface area contributed by atoms with Crippen molar-refractivity contribution in [3.63, 3.8) is 0 Å². The van der Waals surface area contributed by atoms with Crippen LogP contribution in [0.3, 0.4) is 0 Å². The number of anilines is 2. The summed E-state index contributed by atoms with van der Waals surface area (Å²) in [4.78, 5) is 26.8. The van der Waals surface area contributed by atoms with Crippen molar-refractivity contribution in [3.8, 4) is 0 Å². The number of hydrogen-bond acceptors (Lipinski definition) is 3. The smallest absolute Gasteiger partial charge is 0.238 e. The molecule has 0 radical (unpaired) electrons. The van der Waals surface area contributed by atoms with Crippen LogP contribution in [0.1, 0.15) is 22.1 Å². The van der Waals surface area contributed by atoms with Gasteiger partial charge < -0.3 is 5.32 Å². The quantitative estimate of drug-likeness (QED) is 0.657. The summed E-state index contributed by atoms with van der Waals surface area (Å²) in [6.07, 6.45) is 0.331. The van der Waals surface area contributed by atoms with Gasteiger partial charge >= 0.3 is 0 Å². The van der Waals surface area contributed by atoms with E-state index in [9.17, 15) is 9.59 Å². The molecule has 0 aromatic heterocycles. The number of thioether (sulfide) groups is 1. The van der Waals surface area contributed by atoms with E-state index in [2.05, 4.69) is 5.32 Å². The number of amides is 2. The molecule has 0 bridgehead atoms. The molecule has 1 heterocycles. The van der Waals surface area contributed by atoms with Gasteiger partial charge in [-0.2, -0.15) is 0 Å². The van der Waals surface area contributed by atoms with Crippen molar-refractivity contribution < 1.29 is 9.59 Å². The molecule has 5 heteroatoms. The third kappa shape index (κ3) is 4.51. The van der Waals surface area contributed by atoms with E-state index in [4.69, 9.17) is 0 Å². The van der Waals surface area contributed by atoms with Gasteiger partial charge in [0.15, 0.2) is 0 Å². The van der Waals surface area contributed by atoms with Crippen molar-refractivity contribution >= 4 is 35.0 Å². The summed E-state index contributed by atoms with van der Waals surface area (Å²) in [5.74, 6) is 0.490. The summed E-state index contributed by atoms with van der Waals surface area (Å²) < 4.78 is 0. The van der Waals surface area contributed by atoms with Gasteiger partial charge in [-0.05, 0) is 42.3 Å². The highest BCUT2D eigenvalue weighted by atomic mass is 32.2. The number of nitrogens with zero attached hydrogens (tertiary/aromatic N) is 1. The zero-order valence-corrected chi connectivity index (χ0v) is 17.0. The second-order valence-electron chi connectivity index (χ2n) is 7.10. The zero-order valence-electron chi connectivity index (χ0n) is 16.2. The average Bonchev–Trinajstić information content (AvgIpc) is 3.11. The van der Waals surface area contributed by atoms with Crippen LogP contribution < -0.4 is 10.2 Å². The number of carbonyl (C=O) groups is 2. The molecule has 1 aliphatic heterocycles. The van der Waals surface area contributed by atoms with Crippen LogP contribution >= 0.6 is 11.8 Å². The molecule has 1 aliphatic rings. The van der Waals surface area contributed by atoms with E-state index in [0.29, 0.717) is 12.2 Å². The molecule has 146 valence electrons. The third-order valence-corrected chi connectivity index (χ3v) is 6.06. The van der Waals surface area contributed by atoms with E-state index in [1.807, 2.05) is 90.7 Å². The first-order valence-electron chi connectivity index (χ1n) is 9.54. The number of benzene rings is 3. The Morgan fingerprint density at radius 3 is 2.55 bits per heavy atom. The maximum Gasteiger partial charge on any atom is 0.238 e. The van der Waals surface area contributed by atoms with Crippen molar-refractivity contribution in [2.45, 2.75) is 18.7 Å². The number of hydrogen-bond donors (Lipinski definition) is 1. The summed E-state index contributed by atoms with van der Waals surface area (Å²) in [6, 6.07) is 25.4. The molecule has 0 unspecified atom stereocenters. The van der Waals surface area contributed by atoms with Crippen LogP contribution in [0, 0.1) is 6.92 Å². The van der Waals surface area contributed by atoms with Crippen LogP contribution in [0.15, 0.2) is 78.9 Å². The standard InChI is InChI=1S/C24H22N2O2S/c1-17-10-12-21(13-11-17)26-23(28)16-29-24(26)19-8-5-9-20(15-19)25-22(27)14-18-6-3-2-4-7-18/h2-13,15,24H,14,16H2,1H3,(H,25,27)/t24-/m0/s1. The Balaban J connectivity index is 1.52. The monoisotopic (exact) mass is 402 g/mol. The highest BCUT2D eigenvalue weighted by Gasteiger charge is 2.34. The summed E-state index contributed by atoms with van der Waals surface area (Å²) in [5, 5.41) is 2.88. The van der Waals surface area contributed by atoms with Gasteiger partial charge in [0.2, 0.25) is 11.8 Å². The molecule has 4 nitrogen and oxygen atoms in total. The van der Waals surface area contributed by atoms with E-state index >= 15 is 0 Å². The fraction of sp³-hybridized carbons (Fsp3) is 0.167. The molecule has 3 aromatic carbocycles. The van der Waals surface area contributed by atoms with Crippen molar-refractivity contribution in [3.05, 3.63) is 95.6 Å². The summed E-state index contributed by atoms with van der Waals surface area (Å²) in [7, 11) is 0. The minimum atomic E-state index is -0.101. The summed E-state index contributed by atoms with van der Waals surface area (Å²) >= 11 is 1.60. The van der Waals surface area contributed by atoms with E-state index in [1.165, 1.54) is 0 Å². The first-order chi connectivity index (χ1) is 14.1. The van der Waals surface area contributed by atoms with Crippen LogP contribution in [0.5, 0.6) is 0 Å². The second kappa shape index (κ2) is 8.53. The van der Waals surface area contributed by atoms with Crippen molar-refractivity contribution in [1.82, 2.24) is 0 Å². The van der Waals surface area contributed by atoms with Crippen molar-refractivity contribution in [2.24, 2.45) is 0 Å². The van der Waals surface area contributed by atoms with Crippen LogP contribution in [0.25, 0.3) is 0 Å². The van der Waals surface area contributed by atoms with Gasteiger partial charge in [0.05, 0.1) is 12.2 Å². The fourth-order valence-corrected chi connectivity index (χ4v) is 4.58. The third-order valence-electron chi connectivity index (χ3n) is 4.84. The van der Waals surface area contributed by atoms with Crippen molar-refractivity contribution in [2.75, 3.05) is 16.0 Å². The first-order valence-corrected chi connectivity index (χ1v) is 10.6. The first kappa shape index (κ1) is 19.3. The molecule has 0 saturated carbocycles. The molecular weight excluding hydrogens is 380 g/mol. The molecule has 1 N–H and O–H groups in total. The van der Waals surface area contributed by atoms with Crippen LogP contribution in [-0.4, -0.2) is 17.6 Å². The number of nitrogens with one attached hydrogen (secondary N) is 1. The zero-order chi connectivity index (χ0) is 20.2. The fourth-order valence-electron chi connectivity index (χ4n) is 3.41. The van der Waals surface area contributed by atoms with Crippen LogP contribution in [-0.2, 0) is 16.0 Å². The van der Waals surface area contributed by atoms with Gasteiger partial charge in [-0.15, -0.1) is 11.8 Å². The maximum absolute atomic E-state index is 12.5. The Kier molecular flexibility index (Phi) is 5.67. The normalized spacial score (nSPS) is 16.1. The predicted octanol–water partition coefficient (Wildman–Crippen LogP) is 4.95. The molecule has 1 atom stereocenters. The summed E-state index contributed by atoms with van der Waals surface area (Å²) in [5.41, 5.74) is 4.77. The van der Waals surface area contributed by atoms with Crippen LogP contribution in [0.4, 0.5) is 11.4 Å². The van der Waals surface area contributed by atoms with E-state index in [-0.39, 0.29) is 17.2 Å². The second-order valence-corrected chi connectivity index (χ2v) is 8.17. The van der Waals surface area contributed by atoms with Gasteiger partial charge in [0.1, 0.15) is 5.37 Å². The molecule has 3 aromatic rings. The molecule has 0 aliphatic carbocycles. The average molecular weight is 403 g/mol. The molecule has 0 spiro atoms.